The Bertz CT molecular complexity index is 558. The number of hydrogen-bond donors (Lipinski definition) is 0. The minimum atomic E-state index is -3.25. The van der Waals surface area contributed by atoms with Crippen LogP contribution in [0.4, 0.5) is 0 Å². The number of aryl methyl sites for hydroxylation is 1. The quantitative estimate of drug-likeness (QED) is 0.802. The van der Waals surface area contributed by atoms with Crippen molar-refractivity contribution in [2.45, 2.75) is 36.8 Å². The molecule has 19 heavy (non-hydrogen) atoms. The Kier molecular flexibility index (Phi) is 3.65. The Morgan fingerprint density at radius 3 is 2.84 bits per heavy atom. The normalized spacial score (nSPS) is 28.9. The van der Waals surface area contributed by atoms with E-state index in [1.165, 1.54) is 0 Å². The molecule has 0 spiro atoms. The molecule has 2 aliphatic heterocycles. The van der Waals surface area contributed by atoms with E-state index in [1.54, 1.807) is 12.1 Å². The zero-order valence-electron chi connectivity index (χ0n) is 10.9. The van der Waals surface area contributed by atoms with Gasteiger partial charge in [0.05, 0.1) is 25.7 Å². The minimum absolute atomic E-state index is 0.101. The monoisotopic (exact) mass is 299 g/mol. The van der Waals surface area contributed by atoms with Crippen molar-refractivity contribution in [2.75, 3.05) is 12.3 Å². The molecule has 0 saturated carbocycles. The Morgan fingerprint density at radius 1 is 1.37 bits per heavy atom. The highest BCUT2D eigenvalue weighted by Gasteiger charge is 2.41. The van der Waals surface area contributed by atoms with Crippen LogP contribution in [0.15, 0.2) is 29.2 Å². The van der Waals surface area contributed by atoms with E-state index in [2.05, 4.69) is 4.67 Å². The van der Waals surface area contributed by atoms with E-state index in [9.17, 15) is 8.42 Å². The molecule has 104 valence electrons. The van der Waals surface area contributed by atoms with Crippen molar-refractivity contribution in [2.24, 2.45) is 0 Å². The topological polar surface area (TPSA) is 46.6 Å². The molecule has 0 radical (unpaired) electrons. The van der Waals surface area contributed by atoms with Crippen LogP contribution in [0.25, 0.3) is 0 Å². The zero-order chi connectivity index (χ0) is 13.5. The van der Waals surface area contributed by atoms with E-state index in [0.717, 1.165) is 24.9 Å². The van der Waals surface area contributed by atoms with Crippen molar-refractivity contribution >= 4 is 18.8 Å². The third-order valence-corrected chi connectivity index (χ3v) is 6.77. The first-order valence-corrected chi connectivity index (χ1v) is 9.04. The molecule has 6 heteroatoms. The lowest BCUT2D eigenvalue weighted by molar-refractivity contribution is 0.236. The SMILES string of the molecule is Cc1ccc(S(=O)(=O)C[C@H]2OPN3CCC[C@@H]23)cc1. The lowest BCUT2D eigenvalue weighted by Gasteiger charge is -2.17. The van der Waals surface area contributed by atoms with Crippen LogP contribution < -0.4 is 0 Å². The number of benzene rings is 1. The average Bonchev–Trinajstić information content (AvgIpc) is 2.95. The van der Waals surface area contributed by atoms with Crippen LogP contribution in [0.2, 0.25) is 0 Å². The number of sulfone groups is 1. The average molecular weight is 299 g/mol. The van der Waals surface area contributed by atoms with Gasteiger partial charge in [0.1, 0.15) is 0 Å². The van der Waals surface area contributed by atoms with Gasteiger partial charge in [-0.3, -0.25) is 4.67 Å². The van der Waals surface area contributed by atoms with Gasteiger partial charge < -0.3 is 4.52 Å². The number of rotatable bonds is 3. The van der Waals surface area contributed by atoms with Gasteiger partial charge in [-0.25, -0.2) is 8.42 Å². The maximum absolute atomic E-state index is 12.4. The molecule has 2 aliphatic rings. The Hall–Kier alpha value is -0.480. The molecular weight excluding hydrogens is 281 g/mol. The summed E-state index contributed by atoms with van der Waals surface area (Å²) in [6.07, 6.45) is 2.05. The second kappa shape index (κ2) is 5.13. The fourth-order valence-electron chi connectivity index (χ4n) is 2.71. The molecule has 1 aromatic carbocycles. The number of hydrogen-bond acceptors (Lipinski definition) is 4. The van der Waals surface area contributed by atoms with Crippen molar-refractivity contribution in [3.8, 4) is 0 Å². The second-order valence-electron chi connectivity index (χ2n) is 5.25. The molecule has 3 atom stereocenters. The largest absolute Gasteiger partial charge is 0.340 e. The van der Waals surface area contributed by atoms with Crippen LogP contribution >= 0.6 is 8.96 Å². The molecule has 0 N–H and O–H groups in total. The Morgan fingerprint density at radius 2 is 2.11 bits per heavy atom. The molecule has 0 amide bonds. The van der Waals surface area contributed by atoms with E-state index < -0.39 is 9.84 Å². The van der Waals surface area contributed by atoms with E-state index in [4.69, 9.17) is 4.52 Å². The Labute approximate surface area is 116 Å². The van der Waals surface area contributed by atoms with Crippen molar-refractivity contribution in [3.63, 3.8) is 0 Å². The van der Waals surface area contributed by atoms with E-state index in [1.807, 2.05) is 19.1 Å². The van der Waals surface area contributed by atoms with Crippen molar-refractivity contribution in [1.82, 2.24) is 4.67 Å². The van der Waals surface area contributed by atoms with Crippen molar-refractivity contribution in [3.05, 3.63) is 29.8 Å². The van der Waals surface area contributed by atoms with Gasteiger partial charge in [0, 0.05) is 12.6 Å². The molecule has 2 fully saturated rings. The first-order valence-electron chi connectivity index (χ1n) is 6.54. The van der Waals surface area contributed by atoms with Gasteiger partial charge in [-0.1, -0.05) is 17.7 Å². The van der Waals surface area contributed by atoms with Crippen molar-refractivity contribution in [1.29, 1.82) is 0 Å². The molecule has 0 bridgehead atoms. The number of fused-ring (bicyclic) bond motifs is 1. The highest BCUT2D eigenvalue weighted by Crippen LogP contribution is 2.42. The van der Waals surface area contributed by atoms with Crippen LogP contribution in [0.1, 0.15) is 18.4 Å². The molecule has 3 rings (SSSR count). The summed E-state index contributed by atoms with van der Waals surface area (Å²) in [7, 11) is -2.91. The minimum Gasteiger partial charge on any atom is -0.340 e. The van der Waals surface area contributed by atoms with Gasteiger partial charge >= 0.3 is 0 Å². The summed E-state index contributed by atoms with van der Waals surface area (Å²) in [6.45, 7) is 3.00. The van der Waals surface area contributed by atoms with Crippen LogP contribution in [0, 0.1) is 6.92 Å². The first kappa shape index (κ1) is 13.5. The predicted octanol–water partition coefficient (Wildman–Crippen LogP) is 2.14. The van der Waals surface area contributed by atoms with Gasteiger partial charge in [0.25, 0.3) is 0 Å². The van der Waals surface area contributed by atoms with Gasteiger partial charge in [0.2, 0.25) is 0 Å². The molecule has 0 aliphatic carbocycles. The molecule has 2 saturated heterocycles. The fourth-order valence-corrected chi connectivity index (χ4v) is 5.49. The highest BCUT2D eigenvalue weighted by atomic mass is 32.2. The van der Waals surface area contributed by atoms with Crippen LogP contribution in [-0.2, 0) is 14.4 Å². The van der Waals surface area contributed by atoms with Gasteiger partial charge in [-0.2, -0.15) is 0 Å². The van der Waals surface area contributed by atoms with Crippen molar-refractivity contribution < 1.29 is 12.9 Å². The summed E-state index contributed by atoms with van der Waals surface area (Å²) in [5.41, 5.74) is 1.07. The summed E-state index contributed by atoms with van der Waals surface area (Å²) in [5.74, 6) is 0.101. The second-order valence-corrected chi connectivity index (χ2v) is 8.27. The zero-order valence-corrected chi connectivity index (χ0v) is 12.7. The Balaban J connectivity index is 1.76. The lowest BCUT2D eigenvalue weighted by atomic mass is 10.1. The van der Waals surface area contributed by atoms with Gasteiger partial charge in [0.15, 0.2) is 9.84 Å². The smallest absolute Gasteiger partial charge is 0.180 e. The molecule has 4 nitrogen and oxygen atoms in total. The highest BCUT2D eigenvalue weighted by molar-refractivity contribution is 7.91. The lowest BCUT2D eigenvalue weighted by Crippen LogP contribution is -2.33. The van der Waals surface area contributed by atoms with E-state index in [-0.39, 0.29) is 11.9 Å². The predicted molar refractivity (Wildman–Crippen MR) is 76.1 cm³/mol. The molecule has 1 unspecified atom stereocenters. The summed E-state index contributed by atoms with van der Waals surface area (Å²) in [4.78, 5) is 0.404. The number of nitrogens with zero attached hydrogens (tertiary/aromatic N) is 1. The van der Waals surface area contributed by atoms with E-state index in [0.29, 0.717) is 19.9 Å². The molecule has 2 heterocycles. The molecule has 0 aromatic heterocycles. The first-order chi connectivity index (χ1) is 9.06. The van der Waals surface area contributed by atoms with Crippen LogP contribution in [0.3, 0.4) is 0 Å². The van der Waals surface area contributed by atoms with Crippen LogP contribution in [0.5, 0.6) is 0 Å². The maximum atomic E-state index is 12.4. The van der Waals surface area contributed by atoms with Gasteiger partial charge in [-0.05, 0) is 31.9 Å². The standard InChI is InChI=1S/C13H18NO3PS/c1-10-4-6-11(7-5-10)19(15,16)9-13-12-3-2-8-14(12)18-17-13/h4-7,12-13,18H,2-3,8-9H2,1H3/t12-,13+/m0/s1. The van der Waals surface area contributed by atoms with Crippen LogP contribution in [-0.4, -0.2) is 37.5 Å². The summed E-state index contributed by atoms with van der Waals surface area (Å²) in [5, 5.41) is 0. The third-order valence-electron chi connectivity index (χ3n) is 3.81. The summed E-state index contributed by atoms with van der Waals surface area (Å²) >= 11 is 0. The third kappa shape index (κ3) is 2.70. The fraction of sp³-hybridized carbons (Fsp3) is 0.538. The summed E-state index contributed by atoms with van der Waals surface area (Å²) in [6, 6.07) is 7.36. The van der Waals surface area contributed by atoms with Gasteiger partial charge in [-0.15, -0.1) is 0 Å². The molecular formula is C13H18NO3PS. The molecule has 1 aromatic rings. The maximum Gasteiger partial charge on any atom is 0.180 e. The van der Waals surface area contributed by atoms with E-state index >= 15 is 0 Å². The summed E-state index contributed by atoms with van der Waals surface area (Å²) < 4.78 is 32.7.